The second-order valence-electron chi connectivity index (χ2n) is 5.84. The van der Waals surface area contributed by atoms with Gasteiger partial charge in [0, 0.05) is 29.6 Å². The summed E-state index contributed by atoms with van der Waals surface area (Å²) in [5, 5.41) is 14.7. The van der Waals surface area contributed by atoms with Gasteiger partial charge in [-0.1, -0.05) is 28.8 Å². The minimum absolute atomic E-state index is 0.0452. The molecule has 1 aromatic carbocycles. The molecule has 1 aliphatic carbocycles. The zero-order valence-corrected chi connectivity index (χ0v) is 13.6. The predicted octanol–water partition coefficient (Wildman–Crippen LogP) is 3.59. The number of carbonyl (C=O) groups excluding carboxylic acids is 1. The van der Waals surface area contributed by atoms with Crippen LogP contribution in [0, 0.1) is 22.5 Å². The second kappa shape index (κ2) is 6.56. The van der Waals surface area contributed by atoms with Crippen molar-refractivity contribution in [2.45, 2.75) is 32.6 Å². The van der Waals surface area contributed by atoms with E-state index in [2.05, 4.69) is 21.2 Å². The standard InChI is InChI=1S/C15H19BrN2O3/c1-11-6-12(8-13(7-11)18(20)21)14(19)17-10-15(9-16)4-2-3-5-15/h6-8H,2-5,9-10H2,1H3,(H,17,19). The number of benzene rings is 1. The predicted molar refractivity (Wildman–Crippen MR) is 84.9 cm³/mol. The number of amides is 1. The number of halogens is 1. The highest BCUT2D eigenvalue weighted by Gasteiger charge is 2.33. The van der Waals surface area contributed by atoms with E-state index in [-0.39, 0.29) is 17.0 Å². The van der Waals surface area contributed by atoms with Gasteiger partial charge in [-0.3, -0.25) is 14.9 Å². The third kappa shape index (κ3) is 3.81. The third-order valence-electron chi connectivity index (χ3n) is 4.11. The molecule has 1 aromatic rings. The minimum atomic E-state index is -0.472. The van der Waals surface area contributed by atoms with Gasteiger partial charge in [-0.15, -0.1) is 0 Å². The molecule has 0 saturated heterocycles. The Balaban J connectivity index is 2.08. The van der Waals surface area contributed by atoms with Gasteiger partial charge in [0.2, 0.25) is 0 Å². The van der Waals surface area contributed by atoms with Crippen LogP contribution in [0.25, 0.3) is 0 Å². The van der Waals surface area contributed by atoms with E-state index in [1.54, 1.807) is 13.0 Å². The summed E-state index contributed by atoms with van der Waals surface area (Å²) in [5.74, 6) is -0.242. The molecule has 1 fully saturated rings. The average molecular weight is 355 g/mol. The van der Waals surface area contributed by atoms with E-state index in [4.69, 9.17) is 0 Å². The number of nitro groups is 1. The van der Waals surface area contributed by atoms with Gasteiger partial charge in [0.15, 0.2) is 0 Å². The van der Waals surface area contributed by atoms with E-state index in [0.717, 1.165) is 18.2 Å². The molecule has 0 spiro atoms. The molecule has 1 amide bonds. The van der Waals surface area contributed by atoms with Crippen molar-refractivity contribution in [2.75, 3.05) is 11.9 Å². The molecule has 5 nitrogen and oxygen atoms in total. The smallest absolute Gasteiger partial charge is 0.270 e. The molecule has 1 saturated carbocycles. The van der Waals surface area contributed by atoms with E-state index in [9.17, 15) is 14.9 Å². The fraction of sp³-hybridized carbons (Fsp3) is 0.533. The normalized spacial score (nSPS) is 16.7. The summed E-state index contributed by atoms with van der Waals surface area (Å²) in [4.78, 5) is 22.6. The number of aryl methyl sites for hydroxylation is 1. The van der Waals surface area contributed by atoms with Crippen molar-refractivity contribution < 1.29 is 9.72 Å². The summed E-state index contributed by atoms with van der Waals surface area (Å²) in [6.07, 6.45) is 4.59. The van der Waals surface area contributed by atoms with Gasteiger partial charge in [0.1, 0.15) is 0 Å². The Morgan fingerprint density at radius 1 is 1.38 bits per heavy atom. The molecule has 0 aliphatic heterocycles. The van der Waals surface area contributed by atoms with Crippen molar-refractivity contribution in [3.8, 4) is 0 Å². The first-order valence-electron chi connectivity index (χ1n) is 7.06. The first-order chi connectivity index (χ1) is 9.96. The summed E-state index contributed by atoms with van der Waals surface area (Å²) in [6, 6.07) is 4.48. The van der Waals surface area contributed by atoms with Crippen LogP contribution in [0.4, 0.5) is 5.69 Å². The fourth-order valence-corrected chi connectivity index (χ4v) is 3.61. The van der Waals surface area contributed by atoms with Crippen LogP contribution < -0.4 is 5.32 Å². The number of hydrogen-bond acceptors (Lipinski definition) is 3. The van der Waals surface area contributed by atoms with Gasteiger partial charge in [-0.2, -0.15) is 0 Å². The van der Waals surface area contributed by atoms with Gasteiger partial charge in [-0.05, 0) is 36.8 Å². The topological polar surface area (TPSA) is 72.2 Å². The number of nitrogens with one attached hydrogen (secondary N) is 1. The Bertz CT molecular complexity index is 554. The van der Waals surface area contributed by atoms with Crippen LogP contribution in [0.5, 0.6) is 0 Å². The molecule has 0 radical (unpaired) electrons. The molecule has 0 aromatic heterocycles. The molecule has 21 heavy (non-hydrogen) atoms. The number of hydrogen-bond donors (Lipinski definition) is 1. The molecule has 1 N–H and O–H groups in total. The number of carbonyl (C=O) groups is 1. The lowest BCUT2D eigenvalue weighted by Gasteiger charge is -2.26. The number of non-ortho nitro benzene ring substituents is 1. The third-order valence-corrected chi connectivity index (χ3v) is 5.30. The van der Waals surface area contributed by atoms with Gasteiger partial charge in [-0.25, -0.2) is 0 Å². The number of rotatable bonds is 5. The van der Waals surface area contributed by atoms with Gasteiger partial charge >= 0.3 is 0 Å². The summed E-state index contributed by atoms with van der Waals surface area (Å²) >= 11 is 3.54. The lowest BCUT2D eigenvalue weighted by Crippen LogP contribution is -2.37. The monoisotopic (exact) mass is 354 g/mol. The highest BCUT2D eigenvalue weighted by atomic mass is 79.9. The molecule has 0 bridgehead atoms. The van der Waals surface area contributed by atoms with Crippen LogP contribution in [-0.2, 0) is 0 Å². The zero-order chi connectivity index (χ0) is 15.5. The van der Waals surface area contributed by atoms with E-state index < -0.39 is 4.92 Å². The Labute approximate surface area is 132 Å². The zero-order valence-electron chi connectivity index (χ0n) is 12.0. The van der Waals surface area contributed by atoms with E-state index in [1.165, 1.54) is 25.0 Å². The minimum Gasteiger partial charge on any atom is -0.351 e. The van der Waals surface area contributed by atoms with Crippen molar-refractivity contribution >= 4 is 27.5 Å². The van der Waals surface area contributed by atoms with Crippen LogP contribution in [-0.4, -0.2) is 22.7 Å². The van der Waals surface area contributed by atoms with Crippen molar-refractivity contribution in [1.82, 2.24) is 5.32 Å². The molecule has 1 aliphatic rings. The number of alkyl halides is 1. The van der Waals surface area contributed by atoms with Crippen LogP contribution in [0.15, 0.2) is 18.2 Å². The van der Waals surface area contributed by atoms with Crippen molar-refractivity contribution in [3.63, 3.8) is 0 Å². The van der Waals surface area contributed by atoms with Crippen LogP contribution in [0.3, 0.4) is 0 Å². The second-order valence-corrected chi connectivity index (χ2v) is 6.40. The average Bonchev–Trinajstić information content (AvgIpc) is 2.93. The molecule has 114 valence electrons. The first-order valence-corrected chi connectivity index (χ1v) is 8.18. The fourth-order valence-electron chi connectivity index (χ4n) is 2.85. The number of nitrogens with zero attached hydrogens (tertiary/aromatic N) is 1. The SMILES string of the molecule is Cc1cc(C(=O)NCC2(CBr)CCCC2)cc([N+](=O)[O-])c1. The molecule has 2 rings (SSSR count). The highest BCUT2D eigenvalue weighted by Crippen LogP contribution is 2.39. The number of nitro benzene ring substituents is 1. The quantitative estimate of drug-likeness (QED) is 0.498. The lowest BCUT2D eigenvalue weighted by atomic mass is 9.89. The first kappa shape index (κ1) is 15.9. The summed E-state index contributed by atoms with van der Waals surface area (Å²) in [7, 11) is 0. The van der Waals surface area contributed by atoms with Crippen molar-refractivity contribution in [3.05, 3.63) is 39.4 Å². The van der Waals surface area contributed by atoms with Crippen molar-refractivity contribution in [2.24, 2.45) is 5.41 Å². The molecular formula is C15H19BrN2O3. The lowest BCUT2D eigenvalue weighted by molar-refractivity contribution is -0.384. The summed E-state index contributed by atoms with van der Waals surface area (Å²) < 4.78 is 0. The highest BCUT2D eigenvalue weighted by molar-refractivity contribution is 9.09. The van der Waals surface area contributed by atoms with Crippen LogP contribution in [0.2, 0.25) is 0 Å². The molecule has 0 atom stereocenters. The molecular weight excluding hydrogens is 336 g/mol. The molecule has 0 heterocycles. The van der Waals surface area contributed by atoms with E-state index in [0.29, 0.717) is 17.7 Å². The summed E-state index contributed by atoms with van der Waals surface area (Å²) in [6.45, 7) is 2.36. The van der Waals surface area contributed by atoms with Gasteiger partial charge in [0.25, 0.3) is 11.6 Å². The molecule has 6 heteroatoms. The Hall–Kier alpha value is -1.43. The Morgan fingerprint density at radius 2 is 2.05 bits per heavy atom. The van der Waals surface area contributed by atoms with Crippen molar-refractivity contribution in [1.29, 1.82) is 0 Å². The van der Waals surface area contributed by atoms with E-state index in [1.807, 2.05) is 0 Å². The maximum absolute atomic E-state index is 12.2. The Kier molecular flexibility index (Phi) is 4.98. The van der Waals surface area contributed by atoms with Crippen LogP contribution in [0.1, 0.15) is 41.6 Å². The van der Waals surface area contributed by atoms with Gasteiger partial charge < -0.3 is 5.32 Å². The summed E-state index contributed by atoms with van der Waals surface area (Å²) in [5.41, 5.74) is 1.15. The largest absolute Gasteiger partial charge is 0.351 e. The van der Waals surface area contributed by atoms with E-state index >= 15 is 0 Å². The van der Waals surface area contributed by atoms with Crippen LogP contribution >= 0.6 is 15.9 Å². The molecule has 0 unspecified atom stereocenters. The maximum Gasteiger partial charge on any atom is 0.270 e. The van der Waals surface area contributed by atoms with Gasteiger partial charge in [0.05, 0.1) is 4.92 Å². The Morgan fingerprint density at radius 3 is 2.62 bits per heavy atom. The maximum atomic E-state index is 12.2.